The molecule has 0 saturated carbocycles. The molecule has 0 spiro atoms. The van der Waals surface area contributed by atoms with Gasteiger partial charge in [-0.3, -0.25) is 14.5 Å². The molecule has 2 aromatic rings. The van der Waals surface area contributed by atoms with E-state index in [-0.39, 0.29) is 18.4 Å². The number of nitrogens with zero attached hydrogens (tertiary/aromatic N) is 1. The zero-order valence-corrected chi connectivity index (χ0v) is 13.5. The Morgan fingerprint density at radius 2 is 1.74 bits per heavy atom. The first-order chi connectivity index (χ1) is 11.0. The van der Waals surface area contributed by atoms with Gasteiger partial charge in [0, 0.05) is 12.6 Å². The van der Waals surface area contributed by atoms with Gasteiger partial charge in [0.25, 0.3) is 0 Å². The van der Waals surface area contributed by atoms with Gasteiger partial charge in [0.15, 0.2) is 0 Å². The van der Waals surface area contributed by atoms with Crippen LogP contribution in [0.3, 0.4) is 0 Å². The number of benzene rings is 2. The minimum Gasteiger partial charge on any atom is -0.495 e. The Labute approximate surface area is 135 Å². The summed E-state index contributed by atoms with van der Waals surface area (Å²) in [4.78, 5) is 25.6. The molecule has 0 aliphatic carbocycles. The maximum Gasteiger partial charge on any atom is 0.244 e. The maximum atomic E-state index is 12.2. The van der Waals surface area contributed by atoms with Crippen LogP contribution in [0.25, 0.3) is 0 Å². The third-order valence-electron chi connectivity index (χ3n) is 3.39. The summed E-state index contributed by atoms with van der Waals surface area (Å²) in [6, 6.07) is 14.6. The number of anilines is 2. The molecule has 0 heterocycles. The van der Waals surface area contributed by atoms with E-state index in [2.05, 4.69) is 5.32 Å². The van der Waals surface area contributed by atoms with Crippen LogP contribution in [-0.2, 0) is 9.59 Å². The van der Waals surface area contributed by atoms with Crippen molar-refractivity contribution in [1.29, 1.82) is 0 Å². The number of amides is 2. The summed E-state index contributed by atoms with van der Waals surface area (Å²) in [5.41, 5.74) is 2.38. The Morgan fingerprint density at radius 3 is 2.35 bits per heavy atom. The second-order valence-corrected chi connectivity index (χ2v) is 5.19. The summed E-state index contributed by atoms with van der Waals surface area (Å²) in [6.45, 7) is 3.32. The minimum absolute atomic E-state index is 0.0798. The van der Waals surface area contributed by atoms with Gasteiger partial charge in [0.2, 0.25) is 11.8 Å². The average molecular weight is 312 g/mol. The molecular formula is C18H20N2O3. The molecule has 1 N–H and O–H groups in total. The third-order valence-corrected chi connectivity index (χ3v) is 3.39. The van der Waals surface area contributed by atoms with Crippen molar-refractivity contribution in [1.82, 2.24) is 0 Å². The summed E-state index contributed by atoms with van der Waals surface area (Å²) in [7, 11) is 1.53. The van der Waals surface area contributed by atoms with Gasteiger partial charge in [-0.1, -0.05) is 29.8 Å². The highest BCUT2D eigenvalue weighted by Crippen LogP contribution is 2.27. The summed E-state index contributed by atoms with van der Waals surface area (Å²) in [5.74, 6) is 0.0503. The predicted octanol–water partition coefficient (Wildman–Crippen LogP) is 3.00. The number of para-hydroxylation sites is 2. The van der Waals surface area contributed by atoms with Crippen molar-refractivity contribution in [2.24, 2.45) is 0 Å². The van der Waals surface area contributed by atoms with Crippen molar-refractivity contribution in [3.63, 3.8) is 0 Å². The van der Waals surface area contributed by atoms with E-state index in [0.29, 0.717) is 17.1 Å². The number of carbonyl (C=O) groups excluding carboxylic acids is 2. The molecule has 0 atom stereocenters. The summed E-state index contributed by atoms with van der Waals surface area (Å²) < 4.78 is 5.26. The fourth-order valence-electron chi connectivity index (χ4n) is 2.20. The first-order valence-electron chi connectivity index (χ1n) is 7.29. The van der Waals surface area contributed by atoms with E-state index in [9.17, 15) is 9.59 Å². The maximum absolute atomic E-state index is 12.2. The van der Waals surface area contributed by atoms with Gasteiger partial charge in [0.05, 0.1) is 12.8 Å². The molecule has 0 aliphatic rings. The molecule has 0 fully saturated rings. The highest BCUT2D eigenvalue weighted by molar-refractivity contribution is 6.02. The largest absolute Gasteiger partial charge is 0.495 e. The standard InChI is InChI=1S/C18H20N2O3/c1-13-8-10-15(11-9-13)19-18(22)12-20(14(2)21)16-6-4-5-7-17(16)23-3/h4-11H,12H2,1-3H3,(H,19,22). The number of hydrogen-bond donors (Lipinski definition) is 1. The van der Waals surface area contributed by atoms with Crippen molar-refractivity contribution in [3.05, 3.63) is 54.1 Å². The Hall–Kier alpha value is -2.82. The number of rotatable bonds is 5. The zero-order valence-electron chi connectivity index (χ0n) is 13.5. The van der Waals surface area contributed by atoms with Crippen molar-refractivity contribution in [2.45, 2.75) is 13.8 Å². The molecule has 2 aromatic carbocycles. The number of methoxy groups -OCH3 is 1. The molecule has 5 nitrogen and oxygen atoms in total. The Balaban J connectivity index is 2.14. The van der Waals surface area contributed by atoms with E-state index in [1.165, 1.54) is 18.9 Å². The highest BCUT2D eigenvalue weighted by Gasteiger charge is 2.19. The zero-order chi connectivity index (χ0) is 16.8. The van der Waals surface area contributed by atoms with Gasteiger partial charge in [-0.05, 0) is 31.2 Å². The van der Waals surface area contributed by atoms with Crippen LogP contribution >= 0.6 is 0 Å². The van der Waals surface area contributed by atoms with Crippen LogP contribution in [0.5, 0.6) is 5.75 Å². The number of hydrogen-bond acceptors (Lipinski definition) is 3. The summed E-state index contributed by atoms with van der Waals surface area (Å²) in [6.07, 6.45) is 0. The predicted molar refractivity (Wildman–Crippen MR) is 90.8 cm³/mol. The van der Waals surface area contributed by atoms with Gasteiger partial charge in [-0.25, -0.2) is 0 Å². The third kappa shape index (κ3) is 4.32. The van der Waals surface area contributed by atoms with Crippen LogP contribution in [0.15, 0.2) is 48.5 Å². The van der Waals surface area contributed by atoms with Gasteiger partial charge >= 0.3 is 0 Å². The van der Waals surface area contributed by atoms with Crippen molar-refractivity contribution < 1.29 is 14.3 Å². The van der Waals surface area contributed by atoms with Crippen LogP contribution in [-0.4, -0.2) is 25.5 Å². The molecule has 0 aliphatic heterocycles. The molecule has 23 heavy (non-hydrogen) atoms. The van der Waals surface area contributed by atoms with Crippen molar-refractivity contribution in [3.8, 4) is 5.75 Å². The lowest BCUT2D eigenvalue weighted by molar-refractivity contribution is -0.120. The fraction of sp³-hybridized carbons (Fsp3) is 0.222. The SMILES string of the molecule is COc1ccccc1N(CC(=O)Nc1ccc(C)cc1)C(C)=O. The lowest BCUT2D eigenvalue weighted by Gasteiger charge is -2.22. The van der Waals surface area contributed by atoms with Gasteiger partial charge < -0.3 is 10.1 Å². The Bertz CT molecular complexity index is 696. The topological polar surface area (TPSA) is 58.6 Å². The van der Waals surface area contributed by atoms with Crippen molar-refractivity contribution >= 4 is 23.2 Å². The molecule has 5 heteroatoms. The molecule has 0 aromatic heterocycles. The number of aryl methyl sites for hydroxylation is 1. The molecule has 0 radical (unpaired) electrons. The molecule has 0 bridgehead atoms. The van der Waals surface area contributed by atoms with Gasteiger partial charge in [-0.15, -0.1) is 0 Å². The lowest BCUT2D eigenvalue weighted by atomic mass is 10.2. The van der Waals surface area contributed by atoms with Crippen LogP contribution < -0.4 is 15.0 Å². The normalized spacial score (nSPS) is 10.0. The number of ether oxygens (including phenoxy) is 1. The van der Waals surface area contributed by atoms with Crippen LogP contribution in [0.1, 0.15) is 12.5 Å². The quantitative estimate of drug-likeness (QED) is 0.923. The second-order valence-electron chi connectivity index (χ2n) is 5.19. The van der Waals surface area contributed by atoms with E-state index in [0.717, 1.165) is 5.56 Å². The fourth-order valence-corrected chi connectivity index (χ4v) is 2.20. The molecule has 120 valence electrons. The van der Waals surface area contributed by atoms with E-state index < -0.39 is 0 Å². The van der Waals surface area contributed by atoms with E-state index in [1.54, 1.807) is 18.2 Å². The smallest absolute Gasteiger partial charge is 0.244 e. The number of nitrogens with one attached hydrogen (secondary N) is 1. The minimum atomic E-state index is -0.269. The Kier molecular flexibility index (Phi) is 5.36. The molecule has 2 amide bonds. The average Bonchev–Trinajstić information content (AvgIpc) is 2.54. The highest BCUT2D eigenvalue weighted by atomic mass is 16.5. The molecule has 2 rings (SSSR count). The van der Waals surface area contributed by atoms with Crippen molar-refractivity contribution in [2.75, 3.05) is 23.9 Å². The first-order valence-corrected chi connectivity index (χ1v) is 7.29. The van der Waals surface area contributed by atoms with Crippen LogP contribution in [0.2, 0.25) is 0 Å². The van der Waals surface area contributed by atoms with Crippen LogP contribution in [0.4, 0.5) is 11.4 Å². The van der Waals surface area contributed by atoms with E-state index in [1.807, 2.05) is 37.3 Å². The van der Waals surface area contributed by atoms with E-state index in [4.69, 9.17) is 4.74 Å². The van der Waals surface area contributed by atoms with E-state index >= 15 is 0 Å². The molecule has 0 saturated heterocycles. The number of carbonyl (C=O) groups is 2. The van der Waals surface area contributed by atoms with Crippen LogP contribution in [0, 0.1) is 6.92 Å². The lowest BCUT2D eigenvalue weighted by Crippen LogP contribution is -2.36. The summed E-state index contributed by atoms with van der Waals surface area (Å²) >= 11 is 0. The van der Waals surface area contributed by atoms with Gasteiger partial charge in [-0.2, -0.15) is 0 Å². The molecule has 0 unspecified atom stereocenters. The molecular weight excluding hydrogens is 292 g/mol. The Morgan fingerprint density at radius 1 is 1.09 bits per heavy atom. The first kappa shape index (κ1) is 16.5. The van der Waals surface area contributed by atoms with Gasteiger partial charge in [0.1, 0.15) is 12.3 Å². The monoisotopic (exact) mass is 312 g/mol. The summed E-state index contributed by atoms with van der Waals surface area (Å²) in [5, 5.41) is 2.79. The second kappa shape index (κ2) is 7.45.